The number of nitro groups is 1. The smallest absolute Gasteiger partial charge is 0.305 e. The fraction of sp³-hybridized carbons (Fsp3) is 0.556. The molecule has 1 rings (SSSR count). The number of aromatic nitrogens is 2. The van der Waals surface area contributed by atoms with Crippen molar-refractivity contribution in [3.05, 3.63) is 22.5 Å². The van der Waals surface area contributed by atoms with Crippen molar-refractivity contribution in [2.75, 3.05) is 25.0 Å². The van der Waals surface area contributed by atoms with Gasteiger partial charge in [-0.05, 0) is 6.92 Å². The summed E-state index contributed by atoms with van der Waals surface area (Å²) in [4.78, 5) is 17.4. The van der Waals surface area contributed by atoms with Crippen LogP contribution in [-0.4, -0.2) is 45.7 Å². The van der Waals surface area contributed by atoms with E-state index < -0.39 is 4.92 Å². The summed E-state index contributed by atoms with van der Waals surface area (Å²) in [7, 11) is 0. The lowest BCUT2D eigenvalue weighted by atomic mass is 10.4. The maximum atomic E-state index is 10.3. The highest BCUT2D eigenvalue weighted by Gasteiger charge is 2.05. The highest BCUT2D eigenvalue weighted by Crippen LogP contribution is 2.07. The zero-order valence-corrected chi connectivity index (χ0v) is 9.46. The third kappa shape index (κ3) is 5.18. The second-order valence-electron chi connectivity index (χ2n) is 3.50. The molecule has 8 heteroatoms. The van der Waals surface area contributed by atoms with Crippen LogP contribution in [0.15, 0.2) is 12.4 Å². The summed E-state index contributed by atoms with van der Waals surface area (Å²) < 4.78 is 0. The maximum absolute atomic E-state index is 10.3. The number of nitrogens with one attached hydrogen (secondary N) is 2. The highest BCUT2D eigenvalue weighted by molar-refractivity contribution is 5.30. The van der Waals surface area contributed by atoms with Gasteiger partial charge in [-0.1, -0.05) is 0 Å². The first kappa shape index (κ1) is 13.3. The highest BCUT2D eigenvalue weighted by atomic mass is 16.6. The van der Waals surface area contributed by atoms with Crippen molar-refractivity contribution in [1.29, 1.82) is 0 Å². The van der Waals surface area contributed by atoms with E-state index in [4.69, 9.17) is 5.11 Å². The minimum absolute atomic E-state index is 0.136. The molecule has 8 nitrogen and oxygen atoms in total. The van der Waals surface area contributed by atoms with Crippen molar-refractivity contribution in [1.82, 2.24) is 15.3 Å². The van der Waals surface area contributed by atoms with E-state index in [9.17, 15) is 10.1 Å². The lowest BCUT2D eigenvalue weighted by Gasteiger charge is -2.07. The van der Waals surface area contributed by atoms with E-state index in [-0.39, 0.29) is 11.8 Å². The van der Waals surface area contributed by atoms with Gasteiger partial charge >= 0.3 is 5.69 Å². The third-order valence-electron chi connectivity index (χ3n) is 1.87. The molecule has 1 aromatic rings. The summed E-state index contributed by atoms with van der Waals surface area (Å²) in [5.74, 6) is 0.342. The molecule has 0 spiro atoms. The van der Waals surface area contributed by atoms with Crippen molar-refractivity contribution < 1.29 is 10.0 Å². The van der Waals surface area contributed by atoms with Gasteiger partial charge in [-0.2, -0.15) is 0 Å². The van der Waals surface area contributed by atoms with Crippen LogP contribution in [0.2, 0.25) is 0 Å². The Bertz CT molecular complexity index is 354. The number of anilines is 1. The molecule has 0 saturated heterocycles. The fourth-order valence-corrected chi connectivity index (χ4v) is 1.08. The normalized spacial score (nSPS) is 12.1. The molecule has 0 bridgehead atoms. The molecular weight excluding hydrogens is 226 g/mol. The number of hydrogen-bond acceptors (Lipinski definition) is 7. The molecule has 1 heterocycles. The van der Waals surface area contributed by atoms with Crippen LogP contribution in [-0.2, 0) is 0 Å². The molecule has 94 valence electrons. The molecule has 0 amide bonds. The first-order valence-corrected chi connectivity index (χ1v) is 5.18. The number of aliphatic hydroxyl groups is 1. The van der Waals surface area contributed by atoms with E-state index in [1.54, 1.807) is 6.92 Å². The molecule has 0 saturated carbocycles. The van der Waals surface area contributed by atoms with E-state index >= 15 is 0 Å². The summed E-state index contributed by atoms with van der Waals surface area (Å²) >= 11 is 0. The number of aliphatic hydroxyl groups excluding tert-OH is 1. The van der Waals surface area contributed by atoms with Crippen molar-refractivity contribution in [3.63, 3.8) is 0 Å². The molecule has 1 unspecified atom stereocenters. The summed E-state index contributed by atoms with van der Waals surface area (Å²) in [5, 5.41) is 25.2. The SMILES string of the molecule is CC(O)CNCCNc1ncc([N+](=O)[O-])cn1. The van der Waals surface area contributed by atoms with Crippen LogP contribution in [0, 0.1) is 10.1 Å². The van der Waals surface area contributed by atoms with Gasteiger partial charge < -0.3 is 15.7 Å². The van der Waals surface area contributed by atoms with Crippen LogP contribution in [0.4, 0.5) is 11.6 Å². The van der Waals surface area contributed by atoms with Crippen LogP contribution in [0.25, 0.3) is 0 Å². The van der Waals surface area contributed by atoms with E-state index in [1.165, 1.54) is 0 Å². The zero-order chi connectivity index (χ0) is 12.7. The Morgan fingerprint density at radius 3 is 2.65 bits per heavy atom. The number of nitrogens with zero attached hydrogens (tertiary/aromatic N) is 3. The van der Waals surface area contributed by atoms with E-state index in [1.807, 2.05) is 0 Å². The quantitative estimate of drug-likeness (QED) is 0.343. The van der Waals surface area contributed by atoms with Crippen molar-refractivity contribution in [3.8, 4) is 0 Å². The predicted molar refractivity (Wildman–Crippen MR) is 61.7 cm³/mol. The molecule has 0 aliphatic carbocycles. The summed E-state index contributed by atoms with van der Waals surface area (Å²) in [5.41, 5.74) is -0.136. The van der Waals surface area contributed by atoms with Gasteiger partial charge in [0.25, 0.3) is 0 Å². The second kappa shape index (κ2) is 6.71. The Morgan fingerprint density at radius 1 is 1.47 bits per heavy atom. The molecule has 0 fully saturated rings. The topological polar surface area (TPSA) is 113 Å². The molecule has 0 radical (unpaired) electrons. The van der Waals surface area contributed by atoms with E-state index in [2.05, 4.69) is 20.6 Å². The van der Waals surface area contributed by atoms with Gasteiger partial charge in [-0.25, -0.2) is 9.97 Å². The summed E-state index contributed by atoms with van der Waals surface area (Å²) in [6.45, 7) is 3.43. The van der Waals surface area contributed by atoms with Gasteiger partial charge in [0.05, 0.1) is 11.0 Å². The fourth-order valence-electron chi connectivity index (χ4n) is 1.08. The van der Waals surface area contributed by atoms with Crippen molar-refractivity contribution in [2.24, 2.45) is 0 Å². The number of hydrogen-bond donors (Lipinski definition) is 3. The molecular formula is C9H15N5O3. The first-order valence-electron chi connectivity index (χ1n) is 5.18. The Balaban J connectivity index is 2.25. The minimum Gasteiger partial charge on any atom is -0.392 e. The van der Waals surface area contributed by atoms with Crippen molar-refractivity contribution in [2.45, 2.75) is 13.0 Å². The summed E-state index contributed by atoms with van der Waals surface area (Å²) in [6, 6.07) is 0. The first-order chi connectivity index (χ1) is 8.09. The minimum atomic E-state index is -0.548. The zero-order valence-electron chi connectivity index (χ0n) is 9.46. The predicted octanol–water partition coefficient (Wildman–Crippen LogP) is -0.233. The van der Waals surface area contributed by atoms with Gasteiger partial charge in [0.15, 0.2) is 0 Å². The van der Waals surface area contributed by atoms with Crippen molar-refractivity contribution >= 4 is 11.6 Å². The summed E-state index contributed by atoms with van der Waals surface area (Å²) in [6.07, 6.45) is 1.92. The van der Waals surface area contributed by atoms with Crippen LogP contribution in [0.3, 0.4) is 0 Å². The number of rotatable bonds is 7. The van der Waals surface area contributed by atoms with Gasteiger partial charge in [0.2, 0.25) is 5.95 Å². The molecule has 0 aliphatic heterocycles. The largest absolute Gasteiger partial charge is 0.392 e. The second-order valence-corrected chi connectivity index (χ2v) is 3.50. The monoisotopic (exact) mass is 241 g/mol. The molecule has 1 atom stereocenters. The van der Waals surface area contributed by atoms with Gasteiger partial charge in [-0.15, -0.1) is 0 Å². The molecule has 0 aromatic carbocycles. The Kier molecular flexibility index (Phi) is 5.24. The molecule has 3 N–H and O–H groups in total. The van der Waals surface area contributed by atoms with Gasteiger partial charge in [0.1, 0.15) is 12.4 Å². The third-order valence-corrected chi connectivity index (χ3v) is 1.87. The average Bonchev–Trinajstić information content (AvgIpc) is 2.29. The lowest BCUT2D eigenvalue weighted by molar-refractivity contribution is -0.385. The van der Waals surface area contributed by atoms with E-state index in [0.29, 0.717) is 25.6 Å². The average molecular weight is 241 g/mol. The molecule has 1 aromatic heterocycles. The molecule has 0 aliphatic rings. The Labute approximate surface area is 98.2 Å². The molecule has 17 heavy (non-hydrogen) atoms. The lowest BCUT2D eigenvalue weighted by Crippen LogP contribution is -2.29. The van der Waals surface area contributed by atoms with Crippen LogP contribution in [0.5, 0.6) is 0 Å². The van der Waals surface area contributed by atoms with Crippen LogP contribution < -0.4 is 10.6 Å². The van der Waals surface area contributed by atoms with E-state index in [0.717, 1.165) is 12.4 Å². The van der Waals surface area contributed by atoms with Gasteiger partial charge in [-0.3, -0.25) is 10.1 Å². The van der Waals surface area contributed by atoms with Gasteiger partial charge in [0, 0.05) is 19.6 Å². The Morgan fingerprint density at radius 2 is 2.12 bits per heavy atom. The van der Waals surface area contributed by atoms with Crippen LogP contribution in [0.1, 0.15) is 6.92 Å². The standard InChI is InChI=1S/C9H15N5O3/c1-7(15)4-10-2-3-11-9-12-5-8(6-13-9)14(16)17/h5-7,10,15H,2-4H2,1H3,(H,11,12,13). The van der Waals surface area contributed by atoms with Crippen LogP contribution >= 0.6 is 0 Å². The maximum Gasteiger partial charge on any atom is 0.305 e. The Hall–Kier alpha value is -1.80.